The predicted octanol–water partition coefficient (Wildman–Crippen LogP) is 2.08. The Balaban J connectivity index is 0.00000161. The summed E-state index contributed by atoms with van der Waals surface area (Å²) in [4.78, 5) is 14.6. The highest BCUT2D eigenvalue weighted by molar-refractivity contribution is 5.85. The van der Waals surface area contributed by atoms with Crippen LogP contribution in [0.1, 0.15) is 30.4 Å². The molecule has 2 aliphatic rings. The molecule has 3 rings (SSSR count). The van der Waals surface area contributed by atoms with E-state index in [9.17, 15) is 4.79 Å². The molecule has 0 aromatic heterocycles. The minimum absolute atomic E-state index is 0. The van der Waals surface area contributed by atoms with E-state index in [-0.39, 0.29) is 17.8 Å². The third-order valence-electron chi connectivity index (χ3n) is 4.62. The van der Waals surface area contributed by atoms with Crippen LogP contribution < -0.4 is 5.32 Å². The van der Waals surface area contributed by atoms with Gasteiger partial charge in [0.2, 0.25) is 5.91 Å². The first-order valence-electron chi connectivity index (χ1n) is 7.23. The van der Waals surface area contributed by atoms with Crippen molar-refractivity contribution in [3.8, 4) is 6.07 Å². The molecular formula is C16H20ClN3O. The average molecular weight is 306 g/mol. The summed E-state index contributed by atoms with van der Waals surface area (Å²) in [6, 6.07) is 9.63. The number of piperidine rings is 1. The van der Waals surface area contributed by atoms with Crippen molar-refractivity contribution in [3.05, 3.63) is 35.4 Å². The van der Waals surface area contributed by atoms with Crippen molar-refractivity contribution in [2.75, 3.05) is 19.6 Å². The fraction of sp³-hybridized carbons (Fsp3) is 0.500. The number of hydrogen-bond donors (Lipinski definition) is 1. The van der Waals surface area contributed by atoms with E-state index in [4.69, 9.17) is 5.26 Å². The second-order valence-electron chi connectivity index (χ2n) is 5.82. The number of rotatable bonds is 2. The van der Waals surface area contributed by atoms with Crippen LogP contribution in [0.25, 0.3) is 0 Å². The van der Waals surface area contributed by atoms with Crippen LogP contribution in [-0.4, -0.2) is 30.4 Å². The van der Waals surface area contributed by atoms with Crippen molar-refractivity contribution in [2.45, 2.75) is 25.8 Å². The lowest BCUT2D eigenvalue weighted by molar-refractivity contribution is -0.137. The average Bonchev–Trinajstić information content (AvgIpc) is 2.78. The molecule has 2 saturated heterocycles. The first kappa shape index (κ1) is 15.8. The summed E-state index contributed by atoms with van der Waals surface area (Å²) in [5.74, 6) is 0.323. The second kappa shape index (κ2) is 6.46. The molecule has 1 aromatic carbocycles. The molecular weight excluding hydrogens is 286 g/mol. The normalized spacial score (nSPS) is 20.1. The summed E-state index contributed by atoms with van der Waals surface area (Å²) in [7, 11) is 0. The van der Waals surface area contributed by atoms with Gasteiger partial charge in [0, 0.05) is 13.1 Å². The minimum atomic E-state index is -0.0994. The maximum Gasteiger partial charge on any atom is 0.229 e. The van der Waals surface area contributed by atoms with Crippen LogP contribution in [0, 0.1) is 16.7 Å². The number of nitriles is 1. The molecule has 0 bridgehead atoms. The van der Waals surface area contributed by atoms with E-state index >= 15 is 0 Å². The Morgan fingerprint density at radius 1 is 1.19 bits per heavy atom. The number of halogens is 1. The summed E-state index contributed by atoms with van der Waals surface area (Å²) in [6.07, 6.45) is 2.93. The molecule has 4 nitrogen and oxygen atoms in total. The first-order chi connectivity index (χ1) is 9.73. The van der Waals surface area contributed by atoms with Gasteiger partial charge in [0.15, 0.2) is 0 Å². The van der Waals surface area contributed by atoms with E-state index in [1.165, 1.54) is 0 Å². The molecule has 21 heavy (non-hydrogen) atoms. The van der Waals surface area contributed by atoms with Gasteiger partial charge in [-0.05, 0) is 50.0 Å². The number of hydrogen-bond acceptors (Lipinski definition) is 3. The van der Waals surface area contributed by atoms with Gasteiger partial charge in [0.05, 0.1) is 17.0 Å². The second-order valence-corrected chi connectivity index (χ2v) is 5.82. The van der Waals surface area contributed by atoms with Gasteiger partial charge in [-0.3, -0.25) is 4.79 Å². The van der Waals surface area contributed by atoms with Crippen LogP contribution in [-0.2, 0) is 11.3 Å². The molecule has 112 valence electrons. The highest BCUT2D eigenvalue weighted by atomic mass is 35.5. The standard InChI is InChI=1S/C16H19N3O.ClH/c17-11-13-1-3-14(4-2-13)12-19-10-7-16(15(19)20)5-8-18-9-6-16;/h1-4,18H,5-10,12H2;1H. The molecule has 0 saturated carbocycles. The van der Waals surface area contributed by atoms with Gasteiger partial charge >= 0.3 is 0 Å². The molecule has 1 N–H and O–H groups in total. The summed E-state index contributed by atoms with van der Waals surface area (Å²) in [6.45, 7) is 3.44. The fourth-order valence-corrected chi connectivity index (χ4v) is 3.32. The molecule has 2 fully saturated rings. The number of carbonyl (C=O) groups excluding carboxylic acids is 1. The quantitative estimate of drug-likeness (QED) is 0.910. The van der Waals surface area contributed by atoms with Gasteiger partial charge in [0.1, 0.15) is 0 Å². The number of likely N-dealkylation sites (tertiary alicyclic amines) is 1. The van der Waals surface area contributed by atoms with E-state index in [0.717, 1.165) is 44.5 Å². The Kier molecular flexibility index (Phi) is 4.87. The fourth-order valence-electron chi connectivity index (χ4n) is 3.32. The topological polar surface area (TPSA) is 56.1 Å². The third-order valence-corrected chi connectivity index (χ3v) is 4.62. The monoisotopic (exact) mass is 305 g/mol. The predicted molar refractivity (Wildman–Crippen MR) is 83.0 cm³/mol. The zero-order valence-electron chi connectivity index (χ0n) is 12.0. The molecule has 1 amide bonds. The molecule has 1 spiro atoms. The number of nitrogens with one attached hydrogen (secondary N) is 1. The number of amides is 1. The highest BCUT2D eigenvalue weighted by Crippen LogP contribution is 2.40. The largest absolute Gasteiger partial charge is 0.338 e. The Morgan fingerprint density at radius 2 is 1.86 bits per heavy atom. The van der Waals surface area contributed by atoms with Crippen LogP contribution in [0.3, 0.4) is 0 Å². The van der Waals surface area contributed by atoms with E-state index in [1.807, 2.05) is 29.2 Å². The Hall–Kier alpha value is -1.57. The van der Waals surface area contributed by atoms with Crippen LogP contribution in [0.4, 0.5) is 0 Å². The maximum atomic E-state index is 12.7. The van der Waals surface area contributed by atoms with Gasteiger partial charge in [0.25, 0.3) is 0 Å². The van der Waals surface area contributed by atoms with Crippen molar-refractivity contribution in [3.63, 3.8) is 0 Å². The van der Waals surface area contributed by atoms with Gasteiger partial charge < -0.3 is 10.2 Å². The molecule has 1 aromatic rings. The van der Waals surface area contributed by atoms with Crippen molar-refractivity contribution in [1.82, 2.24) is 10.2 Å². The zero-order valence-corrected chi connectivity index (χ0v) is 12.8. The molecule has 0 aliphatic carbocycles. The number of carbonyl (C=O) groups is 1. The van der Waals surface area contributed by atoms with Crippen molar-refractivity contribution >= 4 is 18.3 Å². The smallest absolute Gasteiger partial charge is 0.229 e. The molecule has 2 aliphatic heterocycles. The first-order valence-corrected chi connectivity index (χ1v) is 7.23. The molecule has 2 heterocycles. The Bertz CT molecular complexity index is 544. The van der Waals surface area contributed by atoms with Crippen molar-refractivity contribution < 1.29 is 4.79 Å². The van der Waals surface area contributed by atoms with Crippen molar-refractivity contribution in [1.29, 1.82) is 5.26 Å². The van der Waals surface area contributed by atoms with Crippen LogP contribution in [0.15, 0.2) is 24.3 Å². The van der Waals surface area contributed by atoms with Gasteiger partial charge in [-0.25, -0.2) is 0 Å². The van der Waals surface area contributed by atoms with Gasteiger partial charge in [-0.15, -0.1) is 12.4 Å². The molecule has 0 radical (unpaired) electrons. The van der Waals surface area contributed by atoms with Crippen LogP contribution in [0.5, 0.6) is 0 Å². The molecule has 5 heteroatoms. The Labute approximate surface area is 131 Å². The van der Waals surface area contributed by atoms with Gasteiger partial charge in [-0.1, -0.05) is 12.1 Å². The lowest BCUT2D eigenvalue weighted by atomic mass is 9.78. The van der Waals surface area contributed by atoms with E-state index in [0.29, 0.717) is 18.0 Å². The summed E-state index contributed by atoms with van der Waals surface area (Å²) in [5.41, 5.74) is 1.66. The third kappa shape index (κ3) is 3.04. The summed E-state index contributed by atoms with van der Waals surface area (Å²) >= 11 is 0. The molecule has 0 unspecified atom stereocenters. The lowest BCUT2D eigenvalue weighted by Gasteiger charge is -2.32. The van der Waals surface area contributed by atoms with Gasteiger partial charge in [-0.2, -0.15) is 5.26 Å². The molecule has 0 atom stereocenters. The minimum Gasteiger partial charge on any atom is -0.338 e. The van der Waals surface area contributed by atoms with Crippen LogP contribution in [0.2, 0.25) is 0 Å². The van der Waals surface area contributed by atoms with E-state index in [2.05, 4.69) is 11.4 Å². The lowest BCUT2D eigenvalue weighted by Crippen LogP contribution is -2.42. The zero-order chi connectivity index (χ0) is 14.0. The number of benzene rings is 1. The summed E-state index contributed by atoms with van der Waals surface area (Å²) in [5, 5.41) is 12.1. The van der Waals surface area contributed by atoms with Crippen LogP contribution >= 0.6 is 12.4 Å². The summed E-state index contributed by atoms with van der Waals surface area (Å²) < 4.78 is 0. The maximum absolute atomic E-state index is 12.7. The highest BCUT2D eigenvalue weighted by Gasteiger charge is 2.46. The Morgan fingerprint density at radius 3 is 2.48 bits per heavy atom. The van der Waals surface area contributed by atoms with E-state index < -0.39 is 0 Å². The van der Waals surface area contributed by atoms with Crippen molar-refractivity contribution in [2.24, 2.45) is 5.41 Å². The number of nitrogens with zero attached hydrogens (tertiary/aromatic N) is 2. The SMILES string of the molecule is Cl.N#Cc1ccc(CN2CCC3(CCNCC3)C2=O)cc1. The van der Waals surface area contributed by atoms with E-state index in [1.54, 1.807) is 0 Å².